The molecule has 2 atom stereocenters. The largest absolute Gasteiger partial charge is 0.373 e. The second kappa shape index (κ2) is 7.14. The summed E-state index contributed by atoms with van der Waals surface area (Å²) in [5.41, 5.74) is 0.677. The number of carbonyl (C=O) groups is 1. The van der Waals surface area contributed by atoms with Crippen LogP contribution in [0.15, 0.2) is 22.6 Å². The van der Waals surface area contributed by atoms with Crippen molar-refractivity contribution in [1.29, 1.82) is 0 Å². The molecule has 1 saturated heterocycles. The van der Waals surface area contributed by atoms with Crippen LogP contribution in [0.2, 0.25) is 0 Å². The lowest BCUT2D eigenvalue weighted by molar-refractivity contribution is -0.121. The third kappa shape index (κ3) is 4.01. The van der Waals surface area contributed by atoms with Gasteiger partial charge in [-0.05, 0) is 6.42 Å². The van der Waals surface area contributed by atoms with Crippen molar-refractivity contribution in [2.75, 3.05) is 13.2 Å². The third-order valence-electron chi connectivity index (χ3n) is 4.63. The molecule has 0 saturated carbocycles. The molecule has 2 aliphatic rings. The van der Waals surface area contributed by atoms with Crippen LogP contribution in [0.1, 0.15) is 43.8 Å². The molecule has 1 N–H and O–H groups in total. The van der Waals surface area contributed by atoms with Crippen LogP contribution in [0.5, 0.6) is 0 Å². The van der Waals surface area contributed by atoms with Crippen LogP contribution >= 0.6 is 0 Å². The Balaban J connectivity index is 1.42. The number of terminal acetylenes is 1. The lowest BCUT2D eigenvalue weighted by Crippen LogP contribution is -2.31. The number of aromatic nitrogens is 2. The van der Waals surface area contributed by atoms with Crippen LogP contribution < -0.4 is 5.32 Å². The maximum absolute atomic E-state index is 12.1. The van der Waals surface area contributed by atoms with Gasteiger partial charge in [0.25, 0.3) is 0 Å². The van der Waals surface area contributed by atoms with Crippen molar-refractivity contribution in [2.24, 2.45) is 23.2 Å². The Morgan fingerprint density at radius 3 is 3.04 bits per heavy atom. The van der Waals surface area contributed by atoms with E-state index in [1.165, 1.54) is 0 Å². The van der Waals surface area contributed by atoms with Gasteiger partial charge in [-0.2, -0.15) is 15.3 Å². The molecule has 1 aromatic heterocycles. The minimum atomic E-state index is -0.390. The quantitative estimate of drug-likeness (QED) is 0.740. The van der Waals surface area contributed by atoms with Crippen molar-refractivity contribution in [3.8, 4) is 12.3 Å². The van der Waals surface area contributed by atoms with Gasteiger partial charge < -0.3 is 10.1 Å². The van der Waals surface area contributed by atoms with Gasteiger partial charge in [0, 0.05) is 63.6 Å². The van der Waals surface area contributed by atoms with Crippen molar-refractivity contribution in [2.45, 2.75) is 43.9 Å². The first-order valence-corrected chi connectivity index (χ1v) is 8.36. The standard InChI is InChI=1S/C17H23N5O2/c1-3-4-7-17(20-21-17)8-5-15(23)18-10-13-6-9-24-16(13)14-11-19-22(2)12-14/h1,11-13,16H,4-10H2,2H3,(H,18,23)/t13-,16+/m0/s1. The van der Waals surface area contributed by atoms with E-state index in [1.807, 2.05) is 19.4 Å². The summed E-state index contributed by atoms with van der Waals surface area (Å²) in [7, 11) is 1.89. The zero-order valence-corrected chi connectivity index (χ0v) is 13.9. The highest BCUT2D eigenvalue weighted by atomic mass is 16.5. The van der Waals surface area contributed by atoms with Crippen LogP contribution in [0, 0.1) is 18.3 Å². The van der Waals surface area contributed by atoms with Gasteiger partial charge in [-0.25, -0.2) is 0 Å². The first-order chi connectivity index (χ1) is 11.6. The predicted molar refractivity (Wildman–Crippen MR) is 87.9 cm³/mol. The third-order valence-corrected chi connectivity index (χ3v) is 4.63. The fraction of sp³-hybridized carbons (Fsp3) is 0.647. The van der Waals surface area contributed by atoms with Gasteiger partial charge in [-0.1, -0.05) is 0 Å². The Bertz CT molecular complexity index is 654. The molecule has 0 unspecified atom stereocenters. The molecule has 1 aromatic rings. The molecule has 7 nitrogen and oxygen atoms in total. The molecule has 7 heteroatoms. The number of nitrogens with one attached hydrogen (secondary N) is 1. The molecule has 2 aliphatic heterocycles. The summed E-state index contributed by atoms with van der Waals surface area (Å²) in [6, 6.07) is 0. The van der Waals surface area contributed by atoms with Gasteiger partial charge in [-0.15, -0.1) is 12.3 Å². The van der Waals surface area contributed by atoms with Crippen molar-refractivity contribution in [1.82, 2.24) is 15.1 Å². The first kappa shape index (κ1) is 16.7. The maximum Gasteiger partial charge on any atom is 0.220 e. The highest BCUT2D eigenvalue weighted by Gasteiger charge is 2.39. The van der Waals surface area contributed by atoms with Crippen molar-refractivity contribution < 1.29 is 9.53 Å². The summed E-state index contributed by atoms with van der Waals surface area (Å²) >= 11 is 0. The van der Waals surface area contributed by atoms with Crippen LogP contribution in [0.25, 0.3) is 0 Å². The summed E-state index contributed by atoms with van der Waals surface area (Å²) in [6.45, 7) is 1.33. The SMILES string of the molecule is C#CCCC1(CCC(=O)NC[C@@H]2CCO[C@H]2c2cnn(C)c2)N=N1. The molecule has 1 fully saturated rings. The molecule has 0 radical (unpaired) electrons. The smallest absolute Gasteiger partial charge is 0.220 e. The van der Waals surface area contributed by atoms with Gasteiger partial charge in [0.2, 0.25) is 5.91 Å². The summed E-state index contributed by atoms with van der Waals surface area (Å²) < 4.78 is 7.58. The van der Waals surface area contributed by atoms with Gasteiger partial charge in [0.15, 0.2) is 5.66 Å². The van der Waals surface area contributed by atoms with Crippen LogP contribution in [-0.4, -0.2) is 34.5 Å². The molecule has 0 aromatic carbocycles. The molecular formula is C17H23N5O2. The number of ether oxygens (including phenoxy) is 1. The lowest BCUT2D eigenvalue weighted by Gasteiger charge is -2.18. The maximum atomic E-state index is 12.1. The number of carbonyl (C=O) groups excluding carboxylic acids is 1. The fourth-order valence-corrected chi connectivity index (χ4v) is 3.11. The molecule has 0 aliphatic carbocycles. The molecule has 1 amide bonds. The minimum Gasteiger partial charge on any atom is -0.373 e. The Labute approximate surface area is 141 Å². The number of nitrogens with zero attached hydrogens (tertiary/aromatic N) is 4. The normalized spacial score (nSPS) is 23.8. The molecule has 3 rings (SSSR count). The zero-order valence-electron chi connectivity index (χ0n) is 13.9. The monoisotopic (exact) mass is 329 g/mol. The highest BCUT2D eigenvalue weighted by Crippen LogP contribution is 2.37. The number of hydrogen-bond acceptors (Lipinski definition) is 5. The zero-order chi connectivity index (χ0) is 17.0. The molecule has 3 heterocycles. The Morgan fingerprint density at radius 1 is 1.54 bits per heavy atom. The number of rotatable bonds is 8. The van der Waals surface area contributed by atoms with Gasteiger partial charge in [0.1, 0.15) is 0 Å². The van der Waals surface area contributed by atoms with E-state index in [0.717, 1.165) is 18.4 Å². The number of amides is 1. The molecule has 24 heavy (non-hydrogen) atoms. The van der Waals surface area contributed by atoms with Gasteiger partial charge >= 0.3 is 0 Å². The topological polar surface area (TPSA) is 80.9 Å². The van der Waals surface area contributed by atoms with Crippen molar-refractivity contribution in [3.63, 3.8) is 0 Å². The summed E-state index contributed by atoms with van der Waals surface area (Å²) in [4.78, 5) is 12.1. The van der Waals surface area contributed by atoms with Crippen LogP contribution in [-0.2, 0) is 16.6 Å². The molecular weight excluding hydrogens is 306 g/mol. The molecule has 128 valence electrons. The molecule has 0 bridgehead atoms. The highest BCUT2D eigenvalue weighted by molar-refractivity contribution is 5.76. The second-order valence-corrected chi connectivity index (χ2v) is 6.48. The summed E-state index contributed by atoms with van der Waals surface area (Å²) in [5, 5.41) is 15.3. The Kier molecular flexibility index (Phi) is 4.95. The lowest BCUT2D eigenvalue weighted by atomic mass is 9.97. The van der Waals surface area contributed by atoms with E-state index >= 15 is 0 Å². The Hall–Kier alpha value is -2.20. The molecule has 0 spiro atoms. The van der Waals surface area contributed by atoms with E-state index < -0.39 is 5.66 Å². The van der Waals surface area contributed by atoms with Crippen molar-refractivity contribution >= 4 is 5.91 Å². The van der Waals surface area contributed by atoms with Crippen LogP contribution in [0.4, 0.5) is 0 Å². The van der Waals surface area contributed by atoms with Gasteiger partial charge in [0.05, 0.1) is 12.3 Å². The first-order valence-electron chi connectivity index (χ1n) is 8.36. The number of hydrogen-bond donors (Lipinski definition) is 1. The summed E-state index contributed by atoms with van der Waals surface area (Å²) in [5.74, 6) is 2.91. The van der Waals surface area contributed by atoms with E-state index in [0.29, 0.717) is 32.4 Å². The van der Waals surface area contributed by atoms with E-state index in [2.05, 4.69) is 26.6 Å². The minimum absolute atomic E-state index is 0.00871. The van der Waals surface area contributed by atoms with E-state index in [-0.39, 0.29) is 17.9 Å². The van der Waals surface area contributed by atoms with E-state index in [4.69, 9.17) is 11.2 Å². The number of aryl methyl sites for hydroxylation is 1. The fourth-order valence-electron chi connectivity index (χ4n) is 3.11. The average Bonchev–Trinajstić information content (AvgIpc) is 2.97. The average molecular weight is 329 g/mol. The van der Waals surface area contributed by atoms with Gasteiger partial charge in [-0.3, -0.25) is 9.48 Å². The second-order valence-electron chi connectivity index (χ2n) is 6.48. The Morgan fingerprint density at radius 2 is 2.38 bits per heavy atom. The van der Waals surface area contributed by atoms with E-state index in [9.17, 15) is 4.79 Å². The predicted octanol–water partition coefficient (Wildman–Crippen LogP) is 1.97. The van der Waals surface area contributed by atoms with Crippen LogP contribution in [0.3, 0.4) is 0 Å². The van der Waals surface area contributed by atoms with Crippen molar-refractivity contribution in [3.05, 3.63) is 18.0 Å². The summed E-state index contributed by atoms with van der Waals surface area (Å²) in [6.07, 6.45) is 12.4. The van der Waals surface area contributed by atoms with E-state index in [1.54, 1.807) is 4.68 Å².